The van der Waals surface area contributed by atoms with Gasteiger partial charge in [-0.25, -0.2) is 0 Å². The molecule has 0 saturated heterocycles. The van der Waals surface area contributed by atoms with Gasteiger partial charge in [0.1, 0.15) is 12.4 Å². The standard InChI is InChI=1S/C18H19NO4/c1-12-7-8-15(20)14(9-12)18(21)19(2)10-13-11-22-16-5-3-4-6-17(16)23-13/h3-9,13,20H,10-11H2,1-2H3. The van der Waals surface area contributed by atoms with Gasteiger partial charge in [-0.2, -0.15) is 0 Å². The lowest BCUT2D eigenvalue weighted by molar-refractivity contribution is 0.0519. The summed E-state index contributed by atoms with van der Waals surface area (Å²) < 4.78 is 11.5. The summed E-state index contributed by atoms with van der Waals surface area (Å²) in [4.78, 5) is 14.0. The van der Waals surface area contributed by atoms with Crippen LogP contribution >= 0.6 is 0 Å². The monoisotopic (exact) mass is 313 g/mol. The van der Waals surface area contributed by atoms with Gasteiger partial charge in [0.25, 0.3) is 5.91 Å². The highest BCUT2D eigenvalue weighted by molar-refractivity contribution is 5.96. The average molecular weight is 313 g/mol. The predicted octanol–water partition coefficient (Wildman–Crippen LogP) is 2.61. The smallest absolute Gasteiger partial charge is 0.257 e. The van der Waals surface area contributed by atoms with Gasteiger partial charge in [0.05, 0.1) is 12.1 Å². The van der Waals surface area contributed by atoms with E-state index in [9.17, 15) is 9.90 Å². The molecule has 0 bridgehead atoms. The molecule has 0 fully saturated rings. The van der Waals surface area contributed by atoms with Crippen molar-refractivity contribution in [1.82, 2.24) is 4.90 Å². The fourth-order valence-electron chi connectivity index (χ4n) is 2.57. The molecule has 1 heterocycles. The van der Waals surface area contributed by atoms with Crippen molar-refractivity contribution in [1.29, 1.82) is 0 Å². The Hall–Kier alpha value is -2.69. The third-order valence-electron chi connectivity index (χ3n) is 3.77. The van der Waals surface area contributed by atoms with Crippen LogP contribution in [-0.2, 0) is 0 Å². The Labute approximate surface area is 135 Å². The Kier molecular flexibility index (Phi) is 4.10. The van der Waals surface area contributed by atoms with E-state index >= 15 is 0 Å². The van der Waals surface area contributed by atoms with Crippen molar-refractivity contribution in [3.63, 3.8) is 0 Å². The number of aromatic hydroxyl groups is 1. The minimum atomic E-state index is -0.245. The van der Waals surface area contributed by atoms with E-state index in [1.807, 2.05) is 31.2 Å². The van der Waals surface area contributed by atoms with Crippen LogP contribution in [0.2, 0.25) is 0 Å². The van der Waals surface area contributed by atoms with Gasteiger partial charge in [-0.05, 0) is 31.2 Å². The molecule has 5 heteroatoms. The van der Waals surface area contributed by atoms with Crippen molar-refractivity contribution in [3.05, 3.63) is 53.6 Å². The molecule has 23 heavy (non-hydrogen) atoms. The number of carbonyl (C=O) groups excluding carboxylic acids is 1. The molecule has 1 aliphatic heterocycles. The van der Waals surface area contributed by atoms with Crippen LogP contribution in [0.1, 0.15) is 15.9 Å². The van der Waals surface area contributed by atoms with Crippen LogP contribution < -0.4 is 9.47 Å². The van der Waals surface area contributed by atoms with Crippen LogP contribution in [0.15, 0.2) is 42.5 Å². The second-order valence-electron chi connectivity index (χ2n) is 5.70. The SMILES string of the molecule is Cc1ccc(O)c(C(=O)N(C)CC2COc3ccccc3O2)c1. The number of phenols is 1. The predicted molar refractivity (Wildman–Crippen MR) is 86.2 cm³/mol. The molecule has 3 rings (SSSR count). The lowest BCUT2D eigenvalue weighted by atomic mass is 10.1. The summed E-state index contributed by atoms with van der Waals surface area (Å²) in [5, 5.41) is 9.89. The number of para-hydroxylation sites is 2. The average Bonchev–Trinajstić information content (AvgIpc) is 2.56. The molecule has 1 atom stereocenters. The maximum Gasteiger partial charge on any atom is 0.257 e. The molecular weight excluding hydrogens is 294 g/mol. The molecule has 1 aliphatic rings. The molecule has 120 valence electrons. The van der Waals surface area contributed by atoms with Crippen LogP contribution in [0, 0.1) is 6.92 Å². The molecule has 2 aromatic rings. The number of ether oxygens (including phenoxy) is 2. The van der Waals surface area contributed by atoms with Crippen molar-refractivity contribution in [2.45, 2.75) is 13.0 Å². The van der Waals surface area contributed by atoms with Gasteiger partial charge in [0, 0.05) is 7.05 Å². The summed E-state index contributed by atoms with van der Waals surface area (Å²) in [6, 6.07) is 12.4. The van der Waals surface area contributed by atoms with Crippen LogP contribution in [-0.4, -0.2) is 42.2 Å². The largest absolute Gasteiger partial charge is 0.507 e. The molecule has 0 aliphatic carbocycles. The molecule has 0 saturated carbocycles. The summed E-state index contributed by atoms with van der Waals surface area (Å²) in [7, 11) is 1.69. The van der Waals surface area contributed by atoms with E-state index in [1.165, 1.54) is 11.0 Å². The summed E-state index contributed by atoms with van der Waals surface area (Å²) in [5.41, 5.74) is 1.22. The number of hydrogen-bond donors (Lipinski definition) is 1. The van der Waals surface area contributed by atoms with Crippen molar-refractivity contribution >= 4 is 5.91 Å². The lowest BCUT2D eigenvalue weighted by Gasteiger charge is -2.29. The van der Waals surface area contributed by atoms with Crippen LogP contribution in [0.25, 0.3) is 0 Å². The molecule has 1 amide bonds. The number of fused-ring (bicyclic) bond motifs is 1. The maximum atomic E-state index is 12.5. The minimum Gasteiger partial charge on any atom is -0.507 e. The zero-order valence-corrected chi connectivity index (χ0v) is 13.2. The molecule has 5 nitrogen and oxygen atoms in total. The number of rotatable bonds is 3. The second kappa shape index (κ2) is 6.20. The van der Waals surface area contributed by atoms with E-state index in [1.54, 1.807) is 19.2 Å². The van der Waals surface area contributed by atoms with Crippen LogP contribution in [0.4, 0.5) is 0 Å². The lowest BCUT2D eigenvalue weighted by Crippen LogP contribution is -2.41. The van der Waals surface area contributed by atoms with E-state index < -0.39 is 0 Å². The Morgan fingerprint density at radius 1 is 1.26 bits per heavy atom. The quantitative estimate of drug-likeness (QED) is 0.946. The van der Waals surface area contributed by atoms with Crippen molar-refractivity contribution in [2.24, 2.45) is 0 Å². The van der Waals surface area contributed by atoms with Gasteiger partial charge < -0.3 is 19.5 Å². The Bertz CT molecular complexity index is 729. The normalized spacial score (nSPS) is 16.0. The molecule has 1 unspecified atom stereocenters. The first kappa shape index (κ1) is 15.2. The number of aryl methyl sites for hydroxylation is 1. The number of phenolic OH excluding ortho intramolecular Hbond substituents is 1. The van der Waals surface area contributed by atoms with Crippen molar-refractivity contribution < 1.29 is 19.4 Å². The van der Waals surface area contributed by atoms with Gasteiger partial charge >= 0.3 is 0 Å². The number of benzene rings is 2. The van der Waals surface area contributed by atoms with Crippen molar-refractivity contribution in [2.75, 3.05) is 20.2 Å². The van der Waals surface area contributed by atoms with Gasteiger partial charge in [-0.3, -0.25) is 4.79 Å². The molecule has 0 spiro atoms. The number of nitrogens with zero attached hydrogens (tertiary/aromatic N) is 1. The first-order valence-corrected chi connectivity index (χ1v) is 7.48. The highest BCUT2D eigenvalue weighted by Gasteiger charge is 2.25. The number of amides is 1. The van der Waals surface area contributed by atoms with Crippen LogP contribution in [0.5, 0.6) is 17.2 Å². The zero-order chi connectivity index (χ0) is 16.4. The second-order valence-corrected chi connectivity index (χ2v) is 5.70. The van der Waals surface area contributed by atoms with E-state index in [4.69, 9.17) is 9.47 Å². The minimum absolute atomic E-state index is 0.0152. The number of hydrogen-bond acceptors (Lipinski definition) is 4. The maximum absolute atomic E-state index is 12.5. The Balaban J connectivity index is 1.69. The van der Waals surface area contributed by atoms with E-state index in [-0.39, 0.29) is 17.8 Å². The molecule has 0 aromatic heterocycles. The Morgan fingerprint density at radius 2 is 2.00 bits per heavy atom. The number of likely N-dealkylation sites (N-methyl/N-ethyl adjacent to an activating group) is 1. The summed E-state index contributed by atoms with van der Waals surface area (Å²) >= 11 is 0. The summed E-state index contributed by atoms with van der Waals surface area (Å²) in [6.45, 7) is 2.64. The summed E-state index contributed by atoms with van der Waals surface area (Å²) in [5.74, 6) is 1.14. The molecule has 0 radical (unpaired) electrons. The highest BCUT2D eigenvalue weighted by Crippen LogP contribution is 2.31. The van der Waals surface area contributed by atoms with Gasteiger partial charge in [-0.1, -0.05) is 23.8 Å². The highest BCUT2D eigenvalue weighted by atomic mass is 16.6. The van der Waals surface area contributed by atoms with Gasteiger partial charge in [0.15, 0.2) is 17.6 Å². The Morgan fingerprint density at radius 3 is 2.78 bits per heavy atom. The molecule has 2 aromatic carbocycles. The van der Waals surface area contributed by atoms with E-state index in [0.29, 0.717) is 30.2 Å². The molecular formula is C18H19NO4. The fourth-order valence-corrected chi connectivity index (χ4v) is 2.57. The first-order valence-electron chi connectivity index (χ1n) is 7.48. The van der Waals surface area contributed by atoms with E-state index in [2.05, 4.69) is 0 Å². The third-order valence-corrected chi connectivity index (χ3v) is 3.77. The van der Waals surface area contributed by atoms with Gasteiger partial charge in [-0.15, -0.1) is 0 Å². The fraction of sp³-hybridized carbons (Fsp3) is 0.278. The zero-order valence-electron chi connectivity index (χ0n) is 13.2. The van der Waals surface area contributed by atoms with Crippen molar-refractivity contribution in [3.8, 4) is 17.2 Å². The molecule has 1 N–H and O–H groups in total. The topological polar surface area (TPSA) is 59.0 Å². The van der Waals surface area contributed by atoms with E-state index in [0.717, 1.165) is 5.56 Å². The third kappa shape index (κ3) is 3.23. The van der Waals surface area contributed by atoms with Crippen LogP contribution in [0.3, 0.4) is 0 Å². The number of carbonyl (C=O) groups is 1. The first-order chi connectivity index (χ1) is 11.0. The summed E-state index contributed by atoms with van der Waals surface area (Å²) in [6.07, 6.45) is -0.245. The van der Waals surface area contributed by atoms with Gasteiger partial charge in [0.2, 0.25) is 0 Å².